The van der Waals surface area contributed by atoms with Gasteiger partial charge in [0.25, 0.3) is 0 Å². The predicted molar refractivity (Wildman–Crippen MR) is 98.9 cm³/mol. The average Bonchev–Trinajstić information content (AvgIpc) is 3.00. The van der Waals surface area contributed by atoms with Crippen LogP contribution in [-0.4, -0.2) is 34.5 Å². The van der Waals surface area contributed by atoms with E-state index in [4.69, 9.17) is 0 Å². The summed E-state index contributed by atoms with van der Waals surface area (Å²) in [6.45, 7) is 7.20. The Morgan fingerprint density at radius 1 is 1.21 bits per heavy atom. The molecule has 5 heteroatoms. The molecule has 1 heterocycles. The minimum absolute atomic E-state index is 0.0307. The first-order valence-corrected chi connectivity index (χ1v) is 9.00. The Kier molecular flexibility index (Phi) is 6.54. The Hall–Kier alpha value is -1.69. The van der Waals surface area contributed by atoms with Crippen LogP contribution in [0, 0.1) is 0 Å². The van der Waals surface area contributed by atoms with E-state index in [1.165, 1.54) is 11.3 Å². The SMILES string of the molecule is CC(C)(C)NC(=O)CN(Cc1ccccc1)CC(O)c1cccs1. The van der Waals surface area contributed by atoms with Gasteiger partial charge in [-0.1, -0.05) is 36.4 Å². The van der Waals surface area contributed by atoms with Gasteiger partial charge in [0.1, 0.15) is 6.10 Å². The number of rotatable bonds is 7. The molecule has 0 spiro atoms. The summed E-state index contributed by atoms with van der Waals surface area (Å²) in [5, 5.41) is 15.4. The normalized spacial score (nSPS) is 13.0. The minimum atomic E-state index is -0.587. The third-order valence-corrected chi connectivity index (χ3v) is 4.41. The number of hydrogen-bond donors (Lipinski definition) is 2. The maximum atomic E-state index is 12.3. The summed E-state index contributed by atoms with van der Waals surface area (Å²) in [4.78, 5) is 15.2. The average molecular weight is 346 g/mol. The van der Waals surface area contributed by atoms with Crippen LogP contribution in [-0.2, 0) is 11.3 Å². The van der Waals surface area contributed by atoms with E-state index in [-0.39, 0.29) is 18.0 Å². The lowest BCUT2D eigenvalue weighted by atomic mass is 10.1. The van der Waals surface area contributed by atoms with Gasteiger partial charge in [-0.25, -0.2) is 0 Å². The number of carbonyl (C=O) groups excluding carboxylic acids is 1. The van der Waals surface area contributed by atoms with E-state index < -0.39 is 6.10 Å². The van der Waals surface area contributed by atoms with Crippen LogP contribution in [0.5, 0.6) is 0 Å². The number of carbonyl (C=O) groups is 1. The second-order valence-electron chi connectivity index (χ2n) is 6.98. The summed E-state index contributed by atoms with van der Waals surface area (Å²) >= 11 is 1.53. The highest BCUT2D eigenvalue weighted by Gasteiger charge is 2.20. The highest BCUT2D eigenvalue weighted by molar-refractivity contribution is 7.10. The smallest absolute Gasteiger partial charge is 0.234 e. The summed E-state index contributed by atoms with van der Waals surface area (Å²) in [6, 6.07) is 13.9. The number of nitrogens with zero attached hydrogens (tertiary/aromatic N) is 1. The van der Waals surface area contributed by atoms with E-state index in [9.17, 15) is 9.90 Å². The van der Waals surface area contributed by atoms with Crippen molar-refractivity contribution in [3.63, 3.8) is 0 Å². The van der Waals surface area contributed by atoms with Gasteiger partial charge < -0.3 is 10.4 Å². The van der Waals surface area contributed by atoms with Crippen LogP contribution in [0.2, 0.25) is 0 Å². The van der Waals surface area contributed by atoms with Crippen LogP contribution in [0.25, 0.3) is 0 Å². The van der Waals surface area contributed by atoms with E-state index in [0.717, 1.165) is 10.4 Å². The third kappa shape index (κ3) is 6.43. The molecule has 4 nitrogen and oxygen atoms in total. The van der Waals surface area contributed by atoms with Crippen molar-refractivity contribution in [1.82, 2.24) is 10.2 Å². The van der Waals surface area contributed by atoms with E-state index in [0.29, 0.717) is 13.1 Å². The van der Waals surface area contributed by atoms with Crippen molar-refractivity contribution < 1.29 is 9.90 Å². The van der Waals surface area contributed by atoms with Gasteiger partial charge in [-0.15, -0.1) is 11.3 Å². The predicted octanol–water partition coefficient (Wildman–Crippen LogP) is 3.20. The molecule has 0 aliphatic heterocycles. The lowest BCUT2D eigenvalue weighted by Gasteiger charge is -2.27. The molecular formula is C19H26N2O2S. The lowest BCUT2D eigenvalue weighted by Crippen LogP contribution is -2.46. The molecule has 2 aromatic rings. The molecular weight excluding hydrogens is 320 g/mol. The van der Waals surface area contributed by atoms with Crippen molar-refractivity contribution in [2.24, 2.45) is 0 Å². The van der Waals surface area contributed by atoms with E-state index in [1.54, 1.807) is 0 Å². The largest absolute Gasteiger partial charge is 0.386 e. The van der Waals surface area contributed by atoms with Crippen LogP contribution in [0.3, 0.4) is 0 Å². The molecule has 0 aliphatic carbocycles. The molecule has 1 aromatic carbocycles. The molecule has 0 saturated heterocycles. The summed E-state index contributed by atoms with van der Waals surface area (Å²) in [5.74, 6) is -0.0307. The Bertz CT molecular complexity index is 621. The fraction of sp³-hybridized carbons (Fsp3) is 0.421. The Labute approximate surface area is 148 Å². The maximum absolute atomic E-state index is 12.3. The van der Waals surface area contributed by atoms with Crippen LogP contribution in [0.4, 0.5) is 0 Å². The number of aliphatic hydroxyl groups is 1. The zero-order valence-electron chi connectivity index (χ0n) is 14.5. The molecule has 0 radical (unpaired) electrons. The van der Waals surface area contributed by atoms with E-state index in [1.807, 2.05) is 73.5 Å². The fourth-order valence-corrected chi connectivity index (χ4v) is 3.21. The number of benzene rings is 1. The first-order chi connectivity index (χ1) is 11.3. The lowest BCUT2D eigenvalue weighted by molar-refractivity contribution is -0.124. The van der Waals surface area contributed by atoms with Crippen molar-refractivity contribution in [3.8, 4) is 0 Å². The standard InChI is InChI=1S/C19H26N2O2S/c1-19(2,3)20-18(23)14-21(12-15-8-5-4-6-9-15)13-16(22)17-10-7-11-24-17/h4-11,16,22H,12-14H2,1-3H3,(H,20,23). The van der Waals surface area contributed by atoms with Gasteiger partial charge in [-0.3, -0.25) is 9.69 Å². The van der Waals surface area contributed by atoms with E-state index >= 15 is 0 Å². The highest BCUT2D eigenvalue weighted by Crippen LogP contribution is 2.20. The molecule has 2 N–H and O–H groups in total. The van der Waals surface area contributed by atoms with Crippen molar-refractivity contribution >= 4 is 17.2 Å². The van der Waals surface area contributed by atoms with E-state index in [2.05, 4.69) is 5.32 Å². The number of thiophene rings is 1. The number of nitrogens with one attached hydrogen (secondary N) is 1. The first kappa shape index (κ1) is 18.6. The molecule has 0 bridgehead atoms. The molecule has 1 atom stereocenters. The molecule has 130 valence electrons. The first-order valence-electron chi connectivity index (χ1n) is 8.12. The van der Waals surface area contributed by atoms with Gasteiger partial charge in [-0.2, -0.15) is 0 Å². The Morgan fingerprint density at radius 2 is 1.92 bits per heavy atom. The molecule has 24 heavy (non-hydrogen) atoms. The second kappa shape index (κ2) is 8.42. The number of hydrogen-bond acceptors (Lipinski definition) is 4. The van der Waals surface area contributed by atoms with Crippen molar-refractivity contribution in [2.75, 3.05) is 13.1 Å². The van der Waals surface area contributed by atoms with Gasteiger partial charge in [-0.05, 0) is 37.8 Å². The number of aliphatic hydroxyl groups excluding tert-OH is 1. The number of amides is 1. The Morgan fingerprint density at radius 3 is 2.50 bits per heavy atom. The highest BCUT2D eigenvalue weighted by atomic mass is 32.1. The summed E-state index contributed by atoms with van der Waals surface area (Å²) in [5.41, 5.74) is 0.862. The second-order valence-corrected chi connectivity index (χ2v) is 7.96. The summed E-state index contributed by atoms with van der Waals surface area (Å²) < 4.78 is 0. The van der Waals surface area contributed by atoms with Crippen molar-refractivity contribution in [2.45, 2.75) is 39.0 Å². The van der Waals surface area contributed by atoms with Gasteiger partial charge in [0.2, 0.25) is 5.91 Å². The topological polar surface area (TPSA) is 52.6 Å². The van der Waals surface area contributed by atoms with Crippen LogP contribution >= 0.6 is 11.3 Å². The molecule has 1 aromatic heterocycles. The minimum Gasteiger partial charge on any atom is -0.386 e. The zero-order valence-corrected chi connectivity index (χ0v) is 15.3. The maximum Gasteiger partial charge on any atom is 0.234 e. The van der Waals surface area contributed by atoms with Crippen LogP contribution < -0.4 is 5.32 Å². The molecule has 0 fully saturated rings. The van der Waals surface area contributed by atoms with Gasteiger partial charge >= 0.3 is 0 Å². The van der Waals surface area contributed by atoms with Crippen molar-refractivity contribution in [3.05, 3.63) is 58.3 Å². The summed E-state index contributed by atoms with van der Waals surface area (Å²) in [6.07, 6.45) is -0.587. The fourth-order valence-electron chi connectivity index (χ4n) is 2.50. The molecule has 2 rings (SSSR count). The third-order valence-electron chi connectivity index (χ3n) is 3.43. The Balaban J connectivity index is 2.04. The van der Waals surface area contributed by atoms with Gasteiger partial charge in [0, 0.05) is 23.5 Å². The molecule has 1 amide bonds. The molecule has 0 aliphatic rings. The van der Waals surface area contributed by atoms with Crippen LogP contribution in [0.1, 0.15) is 37.3 Å². The van der Waals surface area contributed by atoms with Gasteiger partial charge in [0.05, 0.1) is 6.54 Å². The molecule has 1 unspecified atom stereocenters. The van der Waals surface area contributed by atoms with Crippen molar-refractivity contribution in [1.29, 1.82) is 0 Å². The molecule has 0 saturated carbocycles. The van der Waals surface area contributed by atoms with Crippen LogP contribution in [0.15, 0.2) is 47.8 Å². The van der Waals surface area contributed by atoms with Gasteiger partial charge in [0.15, 0.2) is 0 Å². The zero-order chi connectivity index (χ0) is 17.6. The quantitative estimate of drug-likeness (QED) is 0.809. The monoisotopic (exact) mass is 346 g/mol. The summed E-state index contributed by atoms with van der Waals surface area (Å²) in [7, 11) is 0.